The lowest BCUT2D eigenvalue weighted by molar-refractivity contribution is 0.116. The number of hydrogen-bond donors (Lipinski definition) is 3. The first-order valence-electron chi connectivity index (χ1n) is 6.37. The molecule has 3 N–H and O–H groups in total. The zero-order valence-corrected chi connectivity index (χ0v) is 11.1. The van der Waals surface area contributed by atoms with Crippen LogP contribution >= 0.6 is 11.3 Å². The summed E-state index contributed by atoms with van der Waals surface area (Å²) in [5.41, 5.74) is 0.260. The van der Waals surface area contributed by atoms with E-state index in [-0.39, 0.29) is 23.4 Å². The molecule has 4 nitrogen and oxygen atoms in total. The number of halogens is 1. The van der Waals surface area contributed by atoms with Gasteiger partial charge in [0.05, 0.1) is 16.8 Å². The Hall–Kier alpha value is -1.40. The van der Waals surface area contributed by atoms with Gasteiger partial charge in [0.2, 0.25) is 0 Å². The predicted octanol–water partition coefficient (Wildman–Crippen LogP) is 2.86. The van der Waals surface area contributed by atoms with Crippen LogP contribution in [0.2, 0.25) is 0 Å². The molecule has 0 spiro atoms. The zero-order valence-electron chi connectivity index (χ0n) is 10.3. The number of aliphatic hydroxyl groups excluding tert-OH is 1. The highest BCUT2D eigenvalue weighted by Crippen LogP contribution is 2.32. The van der Waals surface area contributed by atoms with Crippen molar-refractivity contribution >= 4 is 26.7 Å². The molecule has 0 saturated heterocycles. The molecule has 6 heteroatoms. The third kappa shape index (κ3) is 2.50. The summed E-state index contributed by atoms with van der Waals surface area (Å²) < 4.78 is 14.2. The summed E-state index contributed by atoms with van der Waals surface area (Å²) in [6, 6.07) is 2.53. The van der Waals surface area contributed by atoms with Gasteiger partial charge in [0.15, 0.2) is 10.9 Å². The van der Waals surface area contributed by atoms with Crippen molar-refractivity contribution < 1.29 is 14.6 Å². The summed E-state index contributed by atoms with van der Waals surface area (Å²) in [5, 5.41) is 23.0. The topological polar surface area (TPSA) is 65.4 Å². The van der Waals surface area contributed by atoms with Crippen LogP contribution in [0.25, 0.3) is 10.2 Å². The van der Waals surface area contributed by atoms with Gasteiger partial charge in [-0.3, -0.25) is 0 Å². The molecule has 1 aliphatic carbocycles. The molecule has 1 unspecified atom stereocenters. The van der Waals surface area contributed by atoms with Gasteiger partial charge >= 0.3 is 0 Å². The predicted molar refractivity (Wildman–Crippen MR) is 73.1 cm³/mol. The third-order valence-corrected chi connectivity index (χ3v) is 4.41. The molecule has 0 amide bonds. The van der Waals surface area contributed by atoms with Crippen LogP contribution in [0.3, 0.4) is 0 Å². The van der Waals surface area contributed by atoms with E-state index < -0.39 is 5.82 Å². The molecule has 0 radical (unpaired) electrons. The second kappa shape index (κ2) is 4.94. The van der Waals surface area contributed by atoms with Crippen molar-refractivity contribution in [1.29, 1.82) is 0 Å². The average molecular weight is 282 g/mol. The fourth-order valence-electron chi connectivity index (χ4n) is 2.48. The quantitative estimate of drug-likeness (QED) is 0.792. The third-order valence-electron chi connectivity index (χ3n) is 3.47. The van der Waals surface area contributed by atoms with Crippen LogP contribution < -0.4 is 5.32 Å². The van der Waals surface area contributed by atoms with Gasteiger partial charge in [-0.15, -0.1) is 0 Å². The van der Waals surface area contributed by atoms with E-state index in [1.165, 1.54) is 17.4 Å². The van der Waals surface area contributed by atoms with E-state index in [0.717, 1.165) is 31.7 Å². The molecule has 0 bridgehead atoms. The van der Waals surface area contributed by atoms with Gasteiger partial charge in [0.25, 0.3) is 0 Å². The van der Waals surface area contributed by atoms with Crippen molar-refractivity contribution in [3.05, 3.63) is 17.9 Å². The van der Waals surface area contributed by atoms with Gasteiger partial charge in [-0.1, -0.05) is 24.2 Å². The molecular weight excluding hydrogens is 267 g/mol. The van der Waals surface area contributed by atoms with Gasteiger partial charge in [-0.2, -0.15) is 0 Å². The summed E-state index contributed by atoms with van der Waals surface area (Å²) in [7, 11) is 0. The number of hydrogen-bond acceptors (Lipinski definition) is 5. The van der Waals surface area contributed by atoms with Crippen LogP contribution in [0.5, 0.6) is 5.75 Å². The number of thiazole rings is 1. The summed E-state index contributed by atoms with van der Waals surface area (Å²) in [4.78, 5) is 4.19. The van der Waals surface area contributed by atoms with Crippen molar-refractivity contribution in [3.8, 4) is 5.75 Å². The number of nitrogens with zero attached hydrogens (tertiary/aromatic N) is 1. The van der Waals surface area contributed by atoms with E-state index in [0.29, 0.717) is 9.83 Å². The second-order valence-electron chi connectivity index (χ2n) is 4.90. The zero-order chi connectivity index (χ0) is 13.4. The molecule has 2 aromatic rings. The maximum absolute atomic E-state index is 13.6. The number of rotatable bonds is 2. The maximum atomic E-state index is 13.6. The molecule has 102 valence electrons. The van der Waals surface area contributed by atoms with Crippen LogP contribution in [-0.4, -0.2) is 27.3 Å². The largest absolute Gasteiger partial charge is 0.508 e. The van der Waals surface area contributed by atoms with Gasteiger partial charge in [0, 0.05) is 6.07 Å². The molecule has 1 heterocycles. The van der Waals surface area contributed by atoms with Crippen molar-refractivity contribution in [1.82, 2.24) is 4.98 Å². The first kappa shape index (κ1) is 12.6. The van der Waals surface area contributed by atoms with Crippen LogP contribution in [0.4, 0.5) is 9.52 Å². The van der Waals surface area contributed by atoms with Crippen molar-refractivity contribution in [2.24, 2.45) is 0 Å². The molecule has 1 saturated carbocycles. The molecular formula is C13H15FN2O2S. The first-order valence-corrected chi connectivity index (χ1v) is 7.19. The summed E-state index contributed by atoms with van der Waals surface area (Å²) in [6.45, 7) is 0. The lowest BCUT2D eigenvalue weighted by Crippen LogP contribution is -2.36. The van der Waals surface area contributed by atoms with Crippen LogP contribution in [0.1, 0.15) is 25.7 Å². The molecule has 1 aliphatic rings. The highest BCUT2D eigenvalue weighted by Gasteiger charge is 2.24. The number of aromatic nitrogens is 1. The monoisotopic (exact) mass is 282 g/mol. The van der Waals surface area contributed by atoms with E-state index in [2.05, 4.69) is 10.3 Å². The summed E-state index contributed by atoms with van der Waals surface area (Å²) >= 11 is 1.29. The van der Waals surface area contributed by atoms with Gasteiger partial charge in [-0.25, -0.2) is 9.37 Å². The molecule has 1 aromatic heterocycles. The Morgan fingerprint density at radius 3 is 2.89 bits per heavy atom. The number of fused-ring (bicyclic) bond motifs is 1. The van der Waals surface area contributed by atoms with E-state index >= 15 is 0 Å². The minimum absolute atomic E-state index is 0.0222. The van der Waals surface area contributed by atoms with E-state index in [1.54, 1.807) is 0 Å². The number of aromatic hydroxyl groups is 1. The van der Waals surface area contributed by atoms with Gasteiger partial charge in [-0.05, 0) is 18.9 Å². The number of aliphatic hydroxyl groups is 1. The number of nitrogens with one attached hydrogen (secondary N) is 1. The fraction of sp³-hybridized carbons (Fsp3) is 0.462. The minimum atomic E-state index is -0.525. The Morgan fingerprint density at radius 2 is 2.11 bits per heavy atom. The number of benzene rings is 1. The second-order valence-corrected chi connectivity index (χ2v) is 5.93. The Labute approximate surface area is 113 Å². The normalized spacial score (nSPS) is 23.7. The molecule has 19 heavy (non-hydrogen) atoms. The Morgan fingerprint density at radius 1 is 1.32 bits per heavy atom. The first-order chi connectivity index (χ1) is 9.13. The summed E-state index contributed by atoms with van der Waals surface area (Å²) in [6.07, 6.45) is 3.43. The smallest absolute Gasteiger partial charge is 0.184 e. The SMILES string of the molecule is Oc1cc(F)c2nc(NC3CCCC[C@@H]3O)sc2c1. The standard InChI is InChI=1S/C13H15FN2O2S/c14-8-5-7(17)6-11-12(8)16-13(19-11)15-9-3-1-2-4-10(9)18/h5-6,9-10,17-18H,1-4H2,(H,15,16)/t9?,10-/m0/s1. The fourth-order valence-corrected chi connectivity index (χ4v) is 3.45. The minimum Gasteiger partial charge on any atom is -0.508 e. The van der Waals surface area contributed by atoms with Crippen molar-refractivity contribution in [2.45, 2.75) is 37.8 Å². The average Bonchev–Trinajstić information content (AvgIpc) is 2.75. The molecule has 2 atom stereocenters. The number of phenols is 1. The van der Waals surface area contributed by atoms with Gasteiger partial charge in [0.1, 0.15) is 11.3 Å². The maximum Gasteiger partial charge on any atom is 0.184 e. The Balaban J connectivity index is 1.87. The molecule has 0 aliphatic heterocycles. The summed E-state index contributed by atoms with van der Waals surface area (Å²) in [5.74, 6) is -0.624. The van der Waals surface area contributed by atoms with Crippen LogP contribution in [0, 0.1) is 5.82 Å². The lowest BCUT2D eigenvalue weighted by atomic mass is 9.93. The number of phenolic OH excluding ortho intramolecular Hbond substituents is 1. The Kier molecular flexibility index (Phi) is 3.28. The van der Waals surface area contributed by atoms with Crippen molar-refractivity contribution in [2.75, 3.05) is 5.32 Å². The van der Waals surface area contributed by atoms with Crippen molar-refractivity contribution in [3.63, 3.8) is 0 Å². The van der Waals surface area contributed by atoms with Crippen LogP contribution in [-0.2, 0) is 0 Å². The van der Waals surface area contributed by atoms with E-state index in [4.69, 9.17) is 0 Å². The molecule has 1 fully saturated rings. The van der Waals surface area contributed by atoms with E-state index in [9.17, 15) is 14.6 Å². The Bertz CT molecular complexity index is 602. The highest BCUT2D eigenvalue weighted by molar-refractivity contribution is 7.22. The van der Waals surface area contributed by atoms with Gasteiger partial charge < -0.3 is 15.5 Å². The van der Waals surface area contributed by atoms with E-state index in [1.807, 2.05) is 0 Å². The lowest BCUT2D eigenvalue weighted by Gasteiger charge is -2.27. The van der Waals surface area contributed by atoms with Crippen LogP contribution in [0.15, 0.2) is 12.1 Å². The highest BCUT2D eigenvalue weighted by atomic mass is 32.1. The molecule has 3 rings (SSSR count). The number of anilines is 1. The molecule has 1 aromatic carbocycles.